The number of halogens is 1. The van der Waals surface area contributed by atoms with Crippen LogP contribution >= 0.6 is 0 Å². The number of nitrogens with zero attached hydrogens (tertiary/aromatic N) is 3. The van der Waals surface area contributed by atoms with E-state index in [1.807, 2.05) is 27.7 Å². The SMILES string of the molecule is Cc1cc(-n2nc3c(c2NC(=O)OC(C)(C)C)[C@H](C)N(C(=O)OC(C)(C)C)CC3)cc(C)c1F. The van der Waals surface area contributed by atoms with Gasteiger partial charge in [-0.25, -0.2) is 18.7 Å². The number of fused-ring (bicyclic) bond motifs is 1. The second-order valence-corrected chi connectivity index (χ2v) is 10.7. The van der Waals surface area contributed by atoms with E-state index < -0.39 is 29.4 Å². The summed E-state index contributed by atoms with van der Waals surface area (Å²) >= 11 is 0. The lowest BCUT2D eigenvalue weighted by molar-refractivity contribution is 0.0160. The van der Waals surface area contributed by atoms with E-state index in [0.29, 0.717) is 41.2 Å². The minimum absolute atomic E-state index is 0.285. The Hall–Kier alpha value is -3.10. The molecule has 9 heteroatoms. The number of nitrogens with one attached hydrogen (secondary N) is 1. The Morgan fingerprint density at radius 1 is 1.06 bits per heavy atom. The van der Waals surface area contributed by atoms with Gasteiger partial charge < -0.3 is 14.4 Å². The van der Waals surface area contributed by atoms with Gasteiger partial charge in [-0.15, -0.1) is 0 Å². The fourth-order valence-corrected chi connectivity index (χ4v) is 4.00. The molecule has 186 valence electrons. The van der Waals surface area contributed by atoms with Gasteiger partial charge in [0.25, 0.3) is 0 Å². The Morgan fingerprint density at radius 2 is 1.62 bits per heavy atom. The monoisotopic (exact) mass is 474 g/mol. The first-order valence-electron chi connectivity index (χ1n) is 11.5. The van der Waals surface area contributed by atoms with Gasteiger partial charge in [-0.2, -0.15) is 5.10 Å². The van der Waals surface area contributed by atoms with Crippen LogP contribution in [0.5, 0.6) is 0 Å². The maximum Gasteiger partial charge on any atom is 0.413 e. The van der Waals surface area contributed by atoms with Crippen molar-refractivity contribution in [3.05, 3.63) is 40.3 Å². The van der Waals surface area contributed by atoms with Gasteiger partial charge >= 0.3 is 12.2 Å². The third kappa shape index (κ3) is 5.51. The summed E-state index contributed by atoms with van der Waals surface area (Å²) in [5.41, 5.74) is 1.65. The van der Waals surface area contributed by atoms with Gasteiger partial charge in [0.05, 0.1) is 17.4 Å². The van der Waals surface area contributed by atoms with Gasteiger partial charge in [0.15, 0.2) is 0 Å². The Balaban J connectivity index is 2.10. The number of hydrogen-bond donors (Lipinski definition) is 1. The van der Waals surface area contributed by atoms with Crippen molar-refractivity contribution in [1.29, 1.82) is 0 Å². The second-order valence-electron chi connectivity index (χ2n) is 10.7. The van der Waals surface area contributed by atoms with Crippen molar-refractivity contribution in [2.45, 2.75) is 86.0 Å². The molecule has 0 saturated carbocycles. The molecule has 0 unspecified atom stereocenters. The van der Waals surface area contributed by atoms with E-state index in [2.05, 4.69) is 5.32 Å². The molecule has 2 aromatic rings. The highest BCUT2D eigenvalue weighted by Gasteiger charge is 2.36. The van der Waals surface area contributed by atoms with Crippen molar-refractivity contribution < 1.29 is 23.5 Å². The van der Waals surface area contributed by atoms with Crippen molar-refractivity contribution in [2.75, 3.05) is 11.9 Å². The van der Waals surface area contributed by atoms with Crippen LogP contribution in [0.15, 0.2) is 12.1 Å². The summed E-state index contributed by atoms with van der Waals surface area (Å²) in [4.78, 5) is 27.3. The minimum atomic E-state index is -0.702. The van der Waals surface area contributed by atoms with Crippen LogP contribution in [-0.2, 0) is 15.9 Å². The summed E-state index contributed by atoms with van der Waals surface area (Å²) < 4.78 is 27.0. The van der Waals surface area contributed by atoms with Crippen molar-refractivity contribution >= 4 is 18.0 Å². The molecule has 1 aromatic heterocycles. The molecule has 0 saturated heterocycles. The molecule has 1 atom stereocenters. The summed E-state index contributed by atoms with van der Waals surface area (Å²) in [7, 11) is 0. The fourth-order valence-electron chi connectivity index (χ4n) is 4.00. The average molecular weight is 475 g/mol. The number of ether oxygens (including phenoxy) is 2. The molecule has 34 heavy (non-hydrogen) atoms. The number of aryl methyl sites for hydroxylation is 2. The number of carbonyl (C=O) groups excluding carboxylic acids is 2. The van der Waals surface area contributed by atoms with Crippen molar-refractivity contribution in [3.63, 3.8) is 0 Å². The first-order chi connectivity index (χ1) is 15.6. The maximum absolute atomic E-state index is 14.3. The number of amides is 2. The van der Waals surface area contributed by atoms with Crippen LogP contribution in [0.1, 0.15) is 76.9 Å². The largest absolute Gasteiger partial charge is 0.444 e. The molecule has 0 fully saturated rings. The summed E-state index contributed by atoms with van der Waals surface area (Å²) in [5.74, 6) is 0.0993. The van der Waals surface area contributed by atoms with Crippen LogP contribution in [0.4, 0.5) is 19.8 Å². The summed E-state index contributed by atoms with van der Waals surface area (Å²) in [6.45, 7) is 16.4. The molecule has 3 rings (SSSR count). The third-order valence-corrected chi connectivity index (χ3v) is 5.39. The average Bonchev–Trinajstić information content (AvgIpc) is 3.02. The standard InChI is InChI=1S/C25H35FN4O4/c1-14-12-17(13-15(2)20(14)26)30-21(27-22(31)33-24(4,5)6)19-16(3)29(11-10-18(19)28-30)23(32)34-25(7,8)9/h12-13,16H,10-11H2,1-9H3,(H,27,31)/t16-/m0/s1. The normalized spacial score (nSPS) is 16.2. The quantitative estimate of drug-likeness (QED) is 0.592. The number of carbonyl (C=O) groups is 2. The van der Waals surface area contributed by atoms with Crippen molar-refractivity contribution in [2.24, 2.45) is 0 Å². The Bertz CT molecular complexity index is 1090. The van der Waals surface area contributed by atoms with E-state index in [-0.39, 0.29) is 5.82 Å². The highest BCUT2D eigenvalue weighted by Crippen LogP contribution is 2.37. The minimum Gasteiger partial charge on any atom is -0.444 e. The molecular weight excluding hydrogens is 439 g/mol. The van der Waals surface area contributed by atoms with Gasteiger partial charge in [-0.3, -0.25) is 5.32 Å². The van der Waals surface area contributed by atoms with Crippen LogP contribution in [0.3, 0.4) is 0 Å². The first kappa shape index (κ1) is 25.5. The molecule has 0 radical (unpaired) electrons. The zero-order chi connectivity index (χ0) is 25.6. The number of hydrogen-bond acceptors (Lipinski definition) is 5. The van der Waals surface area contributed by atoms with Crippen LogP contribution in [0.25, 0.3) is 5.69 Å². The number of anilines is 1. The van der Waals surface area contributed by atoms with Crippen LogP contribution in [-0.4, -0.2) is 44.6 Å². The van der Waals surface area contributed by atoms with Crippen molar-refractivity contribution in [1.82, 2.24) is 14.7 Å². The highest BCUT2D eigenvalue weighted by molar-refractivity contribution is 5.86. The van der Waals surface area contributed by atoms with Gasteiger partial charge in [0, 0.05) is 18.5 Å². The molecule has 2 amide bonds. The number of aromatic nitrogens is 2. The zero-order valence-electron chi connectivity index (χ0n) is 21.5. The Kier molecular flexibility index (Phi) is 6.70. The Morgan fingerprint density at radius 3 is 2.15 bits per heavy atom. The predicted molar refractivity (Wildman–Crippen MR) is 128 cm³/mol. The molecule has 1 N–H and O–H groups in total. The smallest absolute Gasteiger partial charge is 0.413 e. The van der Waals surface area contributed by atoms with Gasteiger partial charge in [-0.05, 0) is 85.6 Å². The molecule has 2 heterocycles. The molecule has 0 aliphatic carbocycles. The highest BCUT2D eigenvalue weighted by atomic mass is 19.1. The van der Waals surface area contributed by atoms with Crippen LogP contribution < -0.4 is 5.32 Å². The van der Waals surface area contributed by atoms with E-state index in [9.17, 15) is 14.0 Å². The molecule has 1 aliphatic heterocycles. The van der Waals surface area contributed by atoms with E-state index in [1.165, 1.54) is 0 Å². The summed E-state index contributed by atoms with van der Waals surface area (Å²) in [6.07, 6.45) is -0.600. The second kappa shape index (κ2) is 8.92. The van der Waals surface area contributed by atoms with E-state index >= 15 is 0 Å². The van der Waals surface area contributed by atoms with Gasteiger partial charge in [0.1, 0.15) is 22.8 Å². The predicted octanol–water partition coefficient (Wildman–Crippen LogP) is 5.83. The molecule has 0 bridgehead atoms. The summed E-state index contributed by atoms with van der Waals surface area (Å²) in [6, 6.07) is 2.94. The van der Waals surface area contributed by atoms with E-state index in [4.69, 9.17) is 14.6 Å². The first-order valence-corrected chi connectivity index (χ1v) is 11.5. The maximum atomic E-state index is 14.3. The molecule has 0 spiro atoms. The molecule has 8 nitrogen and oxygen atoms in total. The Labute approximate surface area is 200 Å². The van der Waals surface area contributed by atoms with E-state index in [1.54, 1.807) is 56.3 Å². The lowest BCUT2D eigenvalue weighted by atomic mass is 10.00. The lowest BCUT2D eigenvalue weighted by Crippen LogP contribution is -2.42. The fraction of sp³-hybridized carbons (Fsp3) is 0.560. The molecular formula is C25H35FN4O4. The lowest BCUT2D eigenvalue weighted by Gasteiger charge is -2.35. The zero-order valence-corrected chi connectivity index (χ0v) is 21.5. The number of benzene rings is 1. The van der Waals surface area contributed by atoms with Gasteiger partial charge in [-0.1, -0.05) is 0 Å². The van der Waals surface area contributed by atoms with Crippen molar-refractivity contribution in [3.8, 4) is 5.69 Å². The molecule has 1 aliphatic rings. The topological polar surface area (TPSA) is 85.7 Å². The van der Waals surface area contributed by atoms with Gasteiger partial charge in [0.2, 0.25) is 0 Å². The summed E-state index contributed by atoms with van der Waals surface area (Å²) in [5, 5.41) is 7.58. The van der Waals surface area contributed by atoms with Crippen LogP contribution in [0, 0.1) is 19.7 Å². The van der Waals surface area contributed by atoms with E-state index in [0.717, 1.165) is 5.69 Å². The number of rotatable bonds is 2. The third-order valence-electron chi connectivity index (χ3n) is 5.39. The molecule has 1 aromatic carbocycles. The van der Waals surface area contributed by atoms with Crippen LogP contribution in [0.2, 0.25) is 0 Å².